The summed E-state index contributed by atoms with van der Waals surface area (Å²) in [6.45, 7) is 5.61. The van der Waals surface area contributed by atoms with E-state index in [0.29, 0.717) is 16.4 Å². The number of hydrogen-bond donors (Lipinski definition) is 3. The quantitative estimate of drug-likeness (QED) is 0.723. The second-order valence-corrected chi connectivity index (χ2v) is 4.64. The van der Waals surface area contributed by atoms with E-state index in [1.807, 2.05) is 13.8 Å². The van der Waals surface area contributed by atoms with Gasteiger partial charge in [0.25, 0.3) is 0 Å². The Labute approximate surface area is 107 Å². The number of amides is 1. The molecule has 0 heterocycles. The summed E-state index contributed by atoms with van der Waals surface area (Å²) < 4.78 is 0. The van der Waals surface area contributed by atoms with Crippen LogP contribution in [0.1, 0.15) is 20.8 Å². The molecule has 1 rings (SSSR count). The van der Waals surface area contributed by atoms with Gasteiger partial charge in [-0.05, 0) is 32.9 Å². The number of nitrogens with two attached hydrogens (primary N) is 1. The maximum atomic E-state index is 11.7. The first-order chi connectivity index (χ1) is 7.91. The summed E-state index contributed by atoms with van der Waals surface area (Å²) in [6.07, 6.45) is 0. The number of halogens is 1. The molecule has 0 fully saturated rings. The average molecular weight is 256 g/mol. The Kier molecular flexibility index (Phi) is 4.63. The standard InChI is InChI=1S/C12H18ClN3O/c1-7(2)15-12(17)8(3)16-10-6-4-5-9(13)11(10)14/h4-8,16H,14H2,1-3H3,(H,15,17). The van der Waals surface area contributed by atoms with E-state index in [1.165, 1.54) is 0 Å². The van der Waals surface area contributed by atoms with Crippen LogP contribution >= 0.6 is 11.6 Å². The zero-order valence-electron chi connectivity index (χ0n) is 10.3. The summed E-state index contributed by atoms with van der Waals surface area (Å²) in [5.41, 5.74) is 6.93. The number of para-hydroxylation sites is 1. The highest BCUT2D eigenvalue weighted by molar-refractivity contribution is 6.33. The SMILES string of the molecule is CC(C)NC(=O)C(C)Nc1cccc(Cl)c1N. The van der Waals surface area contributed by atoms with Crippen LogP contribution in [-0.2, 0) is 4.79 Å². The number of hydrogen-bond acceptors (Lipinski definition) is 3. The Balaban J connectivity index is 2.71. The van der Waals surface area contributed by atoms with Crippen molar-refractivity contribution in [2.45, 2.75) is 32.9 Å². The van der Waals surface area contributed by atoms with E-state index in [9.17, 15) is 4.79 Å². The smallest absolute Gasteiger partial charge is 0.242 e. The fourth-order valence-corrected chi connectivity index (χ4v) is 1.55. The minimum Gasteiger partial charge on any atom is -0.396 e. The zero-order chi connectivity index (χ0) is 13.0. The van der Waals surface area contributed by atoms with Crippen molar-refractivity contribution >= 4 is 28.9 Å². The van der Waals surface area contributed by atoms with Crippen LogP contribution in [0, 0.1) is 0 Å². The molecule has 5 heteroatoms. The molecule has 1 atom stereocenters. The van der Waals surface area contributed by atoms with Crippen molar-refractivity contribution in [2.24, 2.45) is 0 Å². The van der Waals surface area contributed by atoms with E-state index >= 15 is 0 Å². The lowest BCUT2D eigenvalue weighted by Crippen LogP contribution is -2.41. The van der Waals surface area contributed by atoms with Crippen LogP contribution in [0.4, 0.5) is 11.4 Å². The van der Waals surface area contributed by atoms with Crippen LogP contribution in [0.15, 0.2) is 18.2 Å². The number of nitrogens with one attached hydrogen (secondary N) is 2. The molecular formula is C12H18ClN3O. The topological polar surface area (TPSA) is 67.2 Å². The highest BCUT2D eigenvalue weighted by atomic mass is 35.5. The van der Waals surface area contributed by atoms with Gasteiger partial charge in [-0.1, -0.05) is 17.7 Å². The van der Waals surface area contributed by atoms with Gasteiger partial charge in [-0.3, -0.25) is 4.79 Å². The van der Waals surface area contributed by atoms with Crippen LogP contribution in [-0.4, -0.2) is 18.0 Å². The monoisotopic (exact) mass is 255 g/mol. The van der Waals surface area contributed by atoms with Crippen molar-refractivity contribution < 1.29 is 4.79 Å². The van der Waals surface area contributed by atoms with Crippen LogP contribution in [0.2, 0.25) is 5.02 Å². The summed E-state index contributed by atoms with van der Waals surface area (Å²) in [5.74, 6) is -0.0700. The van der Waals surface area contributed by atoms with Crippen molar-refractivity contribution in [2.75, 3.05) is 11.1 Å². The summed E-state index contributed by atoms with van der Waals surface area (Å²) in [7, 11) is 0. The minimum atomic E-state index is -0.363. The third kappa shape index (κ3) is 3.82. The van der Waals surface area contributed by atoms with Crippen LogP contribution < -0.4 is 16.4 Å². The van der Waals surface area contributed by atoms with Crippen LogP contribution in [0.5, 0.6) is 0 Å². The normalized spacial score (nSPS) is 12.3. The lowest BCUT2D eigenvalue weighted by molar-refractivity contribution is -0.122. The van der Waals surface area contributed by atoms with E-state index in [4.69, 9.17) is 17.3 Å². The number of rotatable bonds is 4. The first kappa shape index (κ1) is 13.6. The van der Waals surface area contributed by atoms with Crippen molar-refractivity contribution in [3.8, 4) is 0 Å². The molecule has 0 aromatic heterocycles. The van der Waals surface area contributed by atoms with Crippen molar-refractivity contribution in [3.63, 3.8) is 0 Å². The Hall–Kier alpha value is -1.42. The average Bonchev–Trinajstić information content (AvgIpc) is 2.23. The molecule has 0 spiro atoms. The lowest BCUT2D eigenvalue weighted by atomic mass is 10.2. The highest BCUT2D eigenvalue weighted by Gasteiger charge is 2.14. The highest BCUT2D eigenvalue weighted by Crippen LogP contribution is 2.27. The third-order valence-electron chi connectivity index (χ3n) is 2.25. The maximum Gasteiger partial charge on any atom is 0.242 e. The molecule has 0 bridgehead atoms. The molecule has 4 N–H and O–H groups in total. The van der Waals surface area contributed by atoms with Gasteiger partial charge in [0.05, 0.1) is 16.4 Å². The number of carbonyl (C=O) groups is 1. The summed E-state index contributed by atoms with van der Waals surface area (Å²) in [4.78, 5) is 11.7. The van der Waals surface area contributed by atoms with Crippen molar-refractivity contribution in [3.05, 3.63) is 23.2 Å². The van der Waals surface area contributed by atoms with Crippen molar-refractivity contribution in [1.29, 1.82) is 0 Å². The first-order valence-corrected chi connectivity index (χ1v) is 5.90. The summed E-state index contributed by atoms with van der Waals surface area (Å²) >= 11 is 5.90. The zero-order valence-corrected chi connectivity index (χ0v) is 11.0. The van der Waals surface area contributed by atoms with Gasteiger partial charge >= 0.3 is 0 Å². The summed E-state index contributed by atoms with van der Waals surface area (Å²) in [6, 6.07) is 5.04. The molecular weight excluding hydrogens is 238 g/mol. The molecule has 0 saturated heterocycles. The van der Waals surface area contributed by atoms with Crippen molar-refractivity contribution in [1.82, 2.24) is 5.32 Å². The Bertz CT molecular complexity index is 407. The third-order valence-corrected chi connectivity index (χ3v) is 2.58. The molecule has 17 heavy (non-hydrogen) atoms. The van der Waals surface area contributed by atoms with Gasteiger partial charge in [-0.15, -0.1) is 0 Å². The molecule has 1 amide bonds. The first-order valence-electron chi connectivity index (χ1n) is 5.52. The number of benzene rings is 1. The fraction of sp³-hybridized carbons (Fsp3) is 0.417. The molecule has 1 aromatic carbocycles. The minimum absolute atomic E-state index is 0.0700. The van der Waals surface area contributed by atoms with Gasteiger partial charge in [0.1, 0.15) is 6.04 Å². The van der Waals surface area contributed by atoms with Gasteiger partial charge in [0.2, 0.25) is 5.91 Å². The molecule has 0 saturated carbocycles. The van der Waals surface area contributed by atoms with E-state index in [-0.39, 0.29) is 18.0 Å². The second kappa shape index (κ2) is 5.77. The Morgan fingerprint density at radius 2 is 2.00 bits per heavy atom. The van der Waals surface area contributed by atoms with Gasteiger partial charge in [-0.2, -0.15) is 0 Å². The Morgan fingerprint density at radius 1 is 1.35 bits per heavy atom. The molecule has 1 unspecified atom stereocenters. The molecule has 0 radical (unpaired) electrons. The van der Waals surface area contributed by atoms with E-state index in [0.717, 1.165) is 0 Å². The van der Waals surface area contributed by atoms with Gasteiger partial charge in [-0.25, -0.2) is 0 Å². The molecule has 94 valence electrons. The molecule has 4 nitrogen and oxygen atoms in total. The fourth-order valence-electron chi connectivity index (χ4n) is 1.37. The predicted molar refractivity (Wildman–Crippen MR) is 72.2 cm³/mol. The van der Waals surface area contributed by atoms with Crippen LogP contribution in [0.25, 0.3) is 0 Å². The maximum absolute atomic E-state index is 11.7. The largest absolute Gasteiger partial charge is 0.396 e. The Morgan fingerprint density at radius 3 is 2.59 bits per heavy atom. The van der Waals surface area contributed by atoms with Gasteiger partial charge in [0.15, 0.2) is 0 Å². The van der Waals surface area contributed by atoms with Gasteiger partial charge < -0.3 is 16.4 Å². The number of nitrogen functional groups attached to an aromatic ring is 1. The second-order valence-electron chi connectivity index (χ2n) is 4.23. The number of anilines is 2. The number of carbonyl (C=O) groups excluding carboxylic acids is 1. The molecule has 0 aliphatic carbocycles. The molecule has 0 aliphatic heterocycles. The van der Waals surface area contributed by atoms with E-state index in [1.54, 1.807) is 25.1 Å². The van der Waals surface area contributed by atoms with E-state index < -0.39 is 0 Å². The molecule has 1 aromatic rings. The van der Waals surface area contributed by atoms with Gasteiger partial charge in [0, 0.05) is 6.04 Å². The predicted octanol–water partition coefficient (Wildman–Crippen LogP) is 2.25. The van der Waals surface area contributed by atoms with Crippen LogP contribution in [0.3, 0.4) is 0 Å². The summed E-state index contributed by atoms with van der Waals surface area (Å²) in [5, 5.41) is 6.33. The van der Waals surface area contributed by atoms with E-state index in [2.05, 4.69) is 10.6 Å². The lowest BCUT2D eigenvalue weighted by Gasteiger charge is -2.18. The molecule has 0 aliphatic rings.